The van der Waals surface area contributed by atoms with Crippen LogP contribution >= 0.6 is 0 Å². The first-order valence-corrected chi connectivity index (χ1v) is 15.2. The monoisotopic (exact) mass is 604 g/mol. The first-order chi connectivity index (χ1) is 21.2. The van der Waals surface area contributed by atoms with Crippen molar-refractivity contribution in [3.8, 4) is 17.1 Å². The summed E-state index contributed by atoms with van der Waals surface area (Å²) in [5.41, 5.74) is 7.10. The number of carboxylic acid groups (broad SMARTS) is 1. The Hall–Kier alpha value is -4.48. The van der Waals surface area contributed by atoms with E-state index in [2.05, 4.69) is 60.0 Å². The van der Waals surface area contributed by atoms with Gasteiger partial charge in [0.1, 0.15) is 5.76 Å². The number of amides is 1. The standard InChI is InChI=1S/C25H22N4O5.2C4H11N/c1-14-22(24(31)29(28-14)17-10-9-15-5-2-3-6-16(15)13-17)27-26-19-8-4-7-18(23(19)30)20-11-12-21(34-20)25(32)33;2*1-3-5-4-2/h4,7-13,26,30H,2-3,5-6H2,1H3,(H,32,33);2*5H,3-4H2,1-2H3/b27-22-;;. The summed E-state index contributed by atoms with van der Waals surface area (Å²) in [5.74, 6) is -1.80. The van der Waals surface area contributed by atoms with Crippen LogP contribution in [0.5, 0.6) is 5.75 Å². The number of hydrogen-bond donors (Lipinski definition) is 5. The van der Waals surface area contributed by atoms with Gasteiger partial charge in [0.05, 0.1) is 22.6 Å². The van der Waals surface area contributed by atoms with E-state index in [1.54, 1.807) is 25.1 Å². The lowest BCUT2D eigenvalue weighted by Crippen LogP contribution is -2.28. The van der Waals surface area contributed by atoms with Gasteiger partial charge in [0, 0.05) is 0 Å². The van der Waals surface area contributed by atoms with Crippen LogP contribution in [0.2, 0.25) is 0 Å². The zero-order valence-corrected chi connectivity index (χ0v) is 26.2. The molecule has 3 aromatic rings. The molecule has 0 fully saturated rings. The molecule has 0 unspecified atom stereocenters. The SMILES string of the molecule is CC1=NN(c2ccc3c(c2)CCCC3)C(=O)/C1=N\Nc1cccc(-c2ccc(C(=O)O)o2)c1O.CCNCC.CCNCC. The van der Waals surface area contributed by atoms with Gasteiger partial charge in [-0.25, -0.2) is 4.79 Å². The number of carbonyl (C=O) groups excluding carboxylic acids is 1. The number of anilines is 2. The minimum absolute atomic E-state index is 0.133. The van der Waals surface area contributed by atoms with Gasteiger partial charge in [-0.2, -0.15) is 15.2 Å². The van der Waals surface area contributed by atoms with Crippen molar-refractivity contribution < 1.29 is 24.2 Å². The second kappa shape index (κ2) is 17.0. The van der Waals surface area contributed by atoms with Gasteiger partial charge in [-0.1, -0.05) is 39.8 Å². The van der Waals surface area contributed by atoms with Crippen LogP contribution in [-0.2, 0) is 17.6 Å². The number of para-hydroxylation sites is 1. The van der Waals surface area contributed by atoms with Crippen molar-refractivity contribution in [2.24, 2.45) is 10.2 Å². The van der Waals surface area contributed by atoms with Gasteiger partial charge in [-0.05, 0) is 106 Å². The Bertz CT molecular complexity index is 1470. The minimum atomic E-state index is -1.20. The predicted molar refractivity (Wildman–Crippen MR) is 176 cm³/mol. The molecule has 0 radical (unpaired) electrons. The number of nitrogens with one attached hydrogen (secondary N) is 3. The third-order valence-electron chi connectivity index (χ3n) is 6.97. The van der Waals surface area contributed by atoms with E-state index in [9.17, 15) is 14.7 Å². The fourth-order valence-electron chi connectivity index (χ4n) is 4.70. The van der Waals surface area contributed by atoms with Crippen LogP contribution in [0.4, 0.5) is 11.4 Å². The molecule has 1 amide bonds. The number of furan rings is 1. The number of fused-ring (bicyclic) bond motifs is 1. The number of hydrazone groups is 2. The van der Waals surface area contributed by atoms with Crippen molar-refractivity contribution in [2.75, 3.05) is 36.6 Å². The van der Waals surface area contributed by atoms with Crippen molar-refractivity contribution in [3.63, 3.8) is 0 Å². The lowest BCUT2D eigenvalue weighted by atomic mass is 9.91. The molecule has 236 valence electrons. The smallest absolute Gasteiger partial charge is 0.371 e. The summed E-state index contributed by atoms with van der Waals surface area (Å²) >= 11 is 0. The highest BCUT2D eigenvalue weighted by Gasteiger charge is 2.31. The van der Waals surface area contributed by atoms with Crippen LogP contribution in [0.25, 0.3) is 11.3 Å². The number of aryl methyl sites for hydroxylation is 2. The first-order valence-electron chi connectivity index (χ1n) is 15.2. The molecule has 2 aromatic carbocycles. The predicted octanol–water partition coefficient (Wildman–Crippen LogP) is 5.65. The number of rotatable bonds is 9. The molecule has 2 heterocycles. The average molecular weight is 605 g/mol. The van der Waals surface area contributed by atoms with Crippen LogP contribution in [0.15, 0.2) is 63.2 Å². The highest BCUT2D eigenvalue weighted by Crippen LogP contribution is 2.36. The maximum absolute atomic E-state index is 13.1. The Labute approximate surface area is 259 Å². The van der Waals surface area contributed by atoms with Crippen molar-refractivity contribution in [1.82, 2.24) is 10.6 Å². The zero-order valence-electron chi connectivity index (χ0n) is 26.2. The number of hydrogen-bond acceptors (Lipinski definition) is 9. The Morgan fingerprint density at radius 2 is 1.61 bits per heavy atom. The van der Waals surface area contributed by atoms with E-state index < -0.39 is 5.97 Å². The number of carbonyl (C=O) groups is 2. The van der Waals surface area contributed by atoms with Crippen LogP contribution in [0, 0.1) is 0 Å². The van der Waals surface area contributed by atoms with Gasteiger partial charge in [0.15, 0.2) is 11.5 Å². The number of phenols is 1. The fourth-order valence-corrected chi connectivity index (χ4v) is 4.70. The first kappa shape index (κ1) is 34.0. The molecule has 11 nitrogen and oxygen atoms in total. The van der Waals surface area contributed by atoms with Crippen LogP contribution in [0.1, 0.15) is 69.1 Å². The summed E-state index contributed by atoms with van der Waals surface area (Å²) in [7, 11) is 0. The quantitative estimate of drug-likeness (QED) is 0.155. The molecule has 0 atom stereocenters. The summed E-state index contributed by atoms with van der Waals surface area (Å²) in [6.45, 7) is 14.5. The van der Waals surface area contributed by atoms with Crippen LogP contribution in [-0.4, -0.2) is 59.7 Å². The molecule has 5 rings (SSSR count). The molecule has 0 spiro atoms. The van der Waals surface area contributed by atoms with Crippen LogP contribution in [0.3, 0.4) is 0 Å². The van der Waals surface area contributed by atoms with Gasteiger partial charge in [-0.3, -0.25) is 10.2 Å². The Balaban J connectivity index is 0.000000461. The lowest BCUT2D eigenvalue weighted by Gasteiger charge is -2.19. The summed E-state index contributed by atoms with van der Waals surface area (Å²) in [6.07, 6.45) is 4.38. The van der Waals surface area contributed by atoms with Gasteiger partial charge < -0.3 is 25.3 Å². The molecule has 0 bridgehead atoms. The molecule has 1 aromatic heterocycles. The zero-order chi connectivity index (χ0) is 32.1. The number of aromatic hydroxyl groups is 1. The van der Waals surface area contributed by atoms with Gasteiger partial charge >= 0.3 is 11.9 Å². The fraction of sp³-hybridized carbons (Fsp3) is 0.394. The molecule has 1 aliphatic heterocycles. The average Bonchev–Trinajstić information content (AvgIpc) is 3.63. The molecule has 1 aliphatic carbocycles. The van der Waals surface area contributed by atoms with Crippen molar-refractivity contribution >= 4 is 34.7 Å². The molecule has 5 N–H and O–H groups in total. The van der Waals surface area contributed by atoms with E-state index in [-0.39, 0.29) is 40.1 Å². The van der Waals surface area contributed by atoms with Crippen molar-refractivity contribution in [1.29, 1.82) is 0 Å². The second-order valence-corrected chi connectivity index (χ2v) is 10.1. The lowest BCUT2D eigenvalue weighted by molar-refractivity contribution is -0.112. The maximum atomic E-state index is 13.1. The van der Waals surface area contributed by atoms with Crippen molar-refractivity contribution in [2.45, 2.75) is 60.3 Å². The summed E-state index contributed by atoms with van der Waals surface area (Å²) in [4.78, 5) is 24.1. The highest BCUT2D eigenvalue weighted by molar-refractivity contribution is 6.71. The summed E-state index contributed by atoms with van der Waals surface area (Å²) < 4.78 is 5.28. The molecular weight excluding hydrogens is 560 g/mol. The van der Waals surface area contributed by atoms with E-state index in [1.165, 1.54) is 34.7 Å². The Morgan fingerprint density at radius 1 is 0.955 bits per heavy atom. The number of carboxylic acids is 1. The molecule has 44 heavy (non-hydrogen) atoms. The van der Waals surface area contributed by atoms with Crippen LogP contribution < -0.4 is 21.1 Å². The third-order valence-corrected chi connectivity index (χ3v) is 6.97. The normalized spacial score (nSPS) is 14.7. The number of phenolic OH excluding ortho intramolecular Hbond substituents is 1. The van der Waals surface area contributed by atoms with Crippen molar-refractivity contribution in [3.05, 3.63) is 65.4 Å². The Kier molecular flexibility index (Phi) is 13.1. The molecule has 2 aliphatic rings. The van der Waals surface area contributed by atoms with E-state index in [0.717, 1.165) is 45.4 Å². The van der Waals surface area contributed by atoms with E-state index in [4.69, 9.17) is 9.52 Å². The largest absolute Gasteiger partial charge is 0.505 e. The molecule has 0 saturated heterocycles. The topological polar surface area (TPSA) is 152 Å². The van der Waals surface area contributed by atoms with Gasteiger partial charge in [0.2, 0.25) is 5.76 Å². The summed E-state index contributed by atoms with van der Waals surface area (Å²) in [6, 6.07) is 13.6. The third kappa shape index (κ3) is 8.77. The number of nitrogens with zero attached hydrogens (tertiary/aromatic N) is 3. The Morgan fingerprint density at radius 3 is 2.20 bits per heavy atom. The molecular formula is C33H44N6O5. The van der Waals surface area contributed by atoms with E-state index in [1.807, 2.05) is 12.1 Å². The number of aromatic carboxylic acids is 1. The van der Waals surface area contributed by atoms with Gasteiger partial charge in [0.25, 0.3) is 0 Å². The molecule has 0 saturated carbocycles. The van der Waals surface area contributed by atoms with E-state index in [0.29, 0.717) is 11.4 Å². The maximum Gasteiger partial charge on any atom is 0.371 e. The molecule has 11 heteroatoms. The number of benzene rings is 2. The van der Waals surface area contributed by atoms with E-state index >= 15 is 0 Å². The second-order valence-electron chi connectivity index (χ2n) is 10.1. The highest BCUT2D eigenvalue weighted by atomic mass is 16.4. The minimum Gasteiger partial charge on any atom is -0.505 e. The summed E-state index contributed by atoms with van der Waals surface area (Å²) in [5, 5.41) is 35.9. The van der Waals surface area contributed by atoms with Gasteiger partial charge in [-0.15, -0.1) is 0 Å².